The van der Waals surface area contributed by atoms with Gasteiger partial charge >= 0.3 is 0 Å². The maximum Gasteiger partial charge on any atom is 0.224 e. The van der Waals surface area contributed by atoms with Crippen molar-refractivity contribution in [3.05, 3.63) is 54.2 Å². The van der Waals surface area contributed by atoms with Crippen molar-refractivity contribution in [3.8, 4) is 0 Å². The molecule has 3 aromatic rings. The van der Waals surface area contributed by atoms with Crippen LogP contribution in [0.5, 0.6) is 0 Å². The number of piperidine rings is 1. The number of aromatic amines is 1. The normalized spacial score (nSPS) is 21.8. The number of halogens is 1. The van der Waals surface area contributed by atoms with Gasteiger partial charge in [0.25, 0.3) is 0 Å². The third-order valence-electron chi connectivity index (χ3n) is 6.81. The molecule has 5 rings (SSSR count). The monoisotopic (exact) mass is 423 g/mol. The van der Waals surface area contributed by atoms with Gasteiger partial charge in [-0.1, -0.05) is 12.1 Å². The molecule has 1 aliphatic heterocycles. The first-order valence-electron chi connectivity index (χ1n) is 10.7. The minimum atomic E-state index is -0.960. The summed E-state index contributed by atoms with van der Waals surface area (Å²) < 4.78 is 13.5. The van der Waals surface area contributed by atoms with Crippen LogP contribution in [-0.4, -0.2) is 45.1 Å². The molecular formula is C23H26FN5O2. The summed E-state index contributed by atoms with van der Waals surface area (Å²) in [6.07, 6.45) is 5.21. The van der Waals surface area contributed by atoms with Crippen molar-refractivity contribution in [1.29, 1.82) is 0 Å². The van der Waals surface area contributed by atoms with Gasteiger partial charge in [-0.15, -0.1) is 0 Å². The van der Waals surface area contributed by atoms with Crippen LogP contribution < -0.4 is 10.2 Å². The summed E-state index contributed by atoms with van der Waals surface area (Å²) in [5, 5.41) is 14.5. The van der Waals surface area contributed by atoms with Gasteiger partial charge in [-0.3, -0.25) is 4.79 Å². The number of rotatable bonds is 5. The van der Waals surface area contributed by atoms with E-state index in [9.17, 15) is 14.3 Å². The van der Waals surface area contributed by atoms with Crippen molar-refractivity contribution in [2.45, 2.75) is 38.3 Å². The SMILES string of the molecule is C[C@H](NC(=O)C1CCN(c2ncnc3[nH]ccc23)CC12CC2)[C@@H](O)c1cccc(F)c1. The summed E-state index contributed by atoms with van der Waals surface area (Å²) >= 11 is 0. The van der Waals surface area contributed by atoms with E-state index in [1.165, 1.54) is 12.1 Å². The van der Waals surface area contributed by atoms with Gasteiger partial charge in [-0.05, 0) is 55.4 Å². The van der Waals surface area contributed by atoms with E-state index in [4.69, 9.17) is 0 Å². The summed E-state index contributed by atoms with van der Waals surface area (Å²) in [4.78, 5) is 27.3. The molecule has 0 radical (unpaired) electrons. The molecule has 3 heterocycles. The lowest BCUT2D eigenvalue weighted by atomic mass is 9.81. The first-order valence-corrected chi connectivity index (χ1v) is 10.7. The maximum absolute atomic E-state index is 13.5. The molecule has 3 N–H and O–H groups in total. The predicted molar refractivity (Wildman–Crippen MR) is 115 cm³/mol. The zero-order valence-electron chi connectivity index (χ0n) is 17.4. The molecule has 31 heavy (non-hydrogen) atoms. The quantitative estimate of drug-likeness (QED) is 0.587. The van der Waals surface area contributed by atoms with Crippen LogP contribution in [0.1, 0.15) is 37.9 Å². The molecule has 2 aromatic heterocycles. The van der Waals surface area contributed by atoms with Gasteiger partial charge in [-0.2, -0.15) is 0 Å². The Labute approximate surface area is 179 Å². The number of amides is 1. The van der Waals surface area contributed by atoms with E-state index in [2.05, 4.69) is 25.2 Å². The highest BCUT2D eigenvalue weighted by Gasteiger charge is 2.55. The van der Waals surface area contributed by atoms with E-state index in [0.29, 0.717) is 5.56 Å². The van der Waals surface area contributed by atoms with Crippen LogP contribution in [0.2, 0.25) is 0 Å². The summed E-state index contributed by atoms with van der Waals surface area (Å²) in [5.74, 6) is 0.371. The minimum absolute atomic E-state index is 0.0328. The van der Waals surface area contributed by atoms with Crippen molar-refractivity contribution in [3.63, 3.8) is 0 Å². The third kappa shape index (κ3) is 3.65. The zero-order valence-corrected chi connectivity index (χ0v) is 17.4. The molecule has 0 bridgehead atoms. The molecule has 1 aromatic carbocycles. The lowest BCUT2D eigenvalue weighted by Gasteiger charge is -2.39. The number of hydrogen-bond acceptors (Lipinski definition) is 5. The van der Waals surface area contributed by atoms with Crippen LogP contribution in [0.25, 0.3) is 11.0 Å². The number of anilines is 1. The van der Waals surface area contributed by atoms with E-state index < -0.39 is 18.0 Å². The van der Waals surface area contributed by atoms with E-state index in [1.807, 2.05) is 12.3 Å². The lowest BCUT2D eigenvalue weighted by Crippen LogP contribution is -2.50. The molecule has 1 spiro atoms. The number of benzene rings is 1. The van der Waals surface area contributed by atoms with Crippen LogP contribution in [0.15, 0.2) is 42.9 Å². The second-order valence-electron chi connectivity index (χ2n) is 8.86. The third-order valence-corrected chi connectivity index (χ3v) is 6.81. The molecule has 1 saturated heterocycles. The van der Waals surface area contributed by atoms with Crippen molar-refractivity contribution < 1.29 is 14.3 Å². The van der Waals surface area contributed by atoms with Gasteiger partial charge in [0, 0.05) is 25.2 Å². The standard InChI is InChI=1S/C23H26FN5O2/c1-14(19(30)15-3-2-4-16(24)11-15)28-22(31)18-6-10-29(12-23(18)7-8-23)21-17-5-9-25-20(17)26-13-27-21/h2-5,9,11,13-14,18-19,30H,6-8,10,12H2,1H3,(H,28,31)(H,25,26,27)/t14-,18?,19+/m0/s1. The van der Waals surface area contributed by atoms with Crippen molar-refractivity contribution in [2.24, 2.45) is 11.3 Å². The Bertz CT molecular complexity index is 1110. The Hall–Kier alpha value is -3.00. The largest absolute Gasteiger partial charge is 0.386 e. The zero-order chi connectivity index (χ0) is 21.6. The van der Waals surface area contributed by atoms with E-state index in [-0.39, 0.29) is 17.2 Å². The smallest absolute Gasteiger partial charge is 0.224 e. The van der Waals surface area contributed by atoms with Gasteiger partial charge in [-0.25, -0.2) is 14.4 Å². The number of nitrogens with one attached hydrogen (secondary N) is 2. The molecule has 1 amide bonds. The van der Waals surface area contributed by atoms with E-state index in [1.54, 1.807) is 25.4 Å². The molecule has 1 unspecified atom stereocenters. The Morgan fingerprint density at radius 2 is 2.19 bits per heavy atom. The lowest BCUT2D eigenvalue weighted by molar-refractivity contribution is -0.129. The molecule has 1 saturated carbocycles. The van der Waals surface area contributed by atoms with Crippen LogP contribution in [-0.2, 0) is 4.79 Å². The number of aliphatic hydroxyl groups excluding tert-OH is 1. The highest BCUT2D eigenvalue weighted by atomic mass is 19.1. The summed E-state index contributed by atoms with van der Waals surface area (Å²) in [6.45, 7) is 3.27. The van der Waals surface area contributed by atoms with Crippen molar-refractivity contribution in [2.75, 3.05) is 18.0 Å². The molecule has 2 fully saturated rings. The van der Waals surface area contributed by atoms with E-state index in [0.717, 1.165) is 49.2 Å². The van der Waals surface area contributed by atoms with Crippen LogP contribution in [0.4, 0.5) is 10.2 Å². The molecule has 1 aliphatic carbocycles. The average Bonchev–Trinajstić information content (AvgIpc) is 3.34. The second kappa shape index (κ2) is 7.60. The van der Waals surface area contributed by atoms with Crippen LogP contribution >= 0.6 is 0 Å². The summed E-state index contributed by atoms with van der Waals surface area (Å²) in [7, 11) is 0. The summed E-state index contributed by atoms with van der Waals surface area (Å²) in [6, 6.07) is 7.34. The fourth-order valence-corrected chi connectivity index (χ4v) is 4.91. The highest BCUT2D eigenvalue weighted by molar-refractivity contribution is 5.87. The Morgan fingerprint density at radius 3 is 2.97 bits per heavy atom. The number of fused-ring (bicyclic) bond motifs is 1. The fraction of sp³-hybridized carbons (Fsp3) is 0.435. The fourth-order valence-electron chi connectivity index (χ4n) is 4.91. The number of aromatic nitrogens is 3. The van der Waals surface area contributed by atoms with E-state index >= 15 is 0 Å². The minimum Gasteiger partial charge on any atom is -0.386 e. The Morgan fingerprint density at radius 1 is 1.35 bits per heavy atom. The number of nitrogens with zero attached hydrogens (tertiary/aromatic N) is 3. The number of H-pyrrole nitrogens is 1. The van der Waals surface area contributed by atoms with Crippen molar-refractivity contribution >= 4 is 22.8 Å². The molecule has 2 aliphatic rings. The molecule has 8 heteroatoms. The molecule has 7 nitrogen and oxygen atoms in total. The second-order valence-corrected chi connectivity index (χ2v) is 8.86. The van der Waals surface area contributed by atoms with Gasteiger partial charge in [0.1, 0.15) is 23.6 Å². The Kier molecular flexibility index (Phi) is 4.89. The molecular weight excluding hydrogens is 397 g/mol. The first kappa shape index (κ1) is 19.9. The number of aliphatic hydroxyl groups is 1. The number of carbonyl (C=O) groups excluding carboxylic acids is 1. The van der Waals surface area contributed by atoms with Gasteiger partial charge in [0.05, 0.1) is 17.5 Å². The maximum atomic E-state index is 13.5. The average molecular weight is 423 g/mol. The van der Waals surface area contributed by atoms with Gasteiger partial charge < -0.3 is 20.3 Å². The number of hydrogen-bond donors (Lipinski definition) is 3. The Balaban J connectivity index is 1.28. The first-order chi connectivity index (χ1) is 15.0. The summed E-state index contributed by atoms with van der Waals surface area (Å²) in [5.41, 5.74) is 1.22. The van der Waals surface area contributed by atoms with Crippen LogP contribution in [0.3, 0.4) is 0 Å². The van der Waals surface area contributed by atoms with Crippen LogP contribution in [0, 0.1) is 17.2 Å². The topological polar surface area (TPSA) is 94.1 Å². The predicted octanol–water partition coefficient (Wildman–Crippen LogP) is 2.94. The van der Waals surface area contributed by atoms with Gasteiger partial charge in [0.2, 0.25) is 5.91 Å². The highest BCUT2D eigenvalue weighted by Crippen LogP contribution is 2.56. The van der Waals surface area contributed by atoms with Crippen molar-refractivity contribution in [1.82, 2.24) is 20.3 Å². The molecule has 3 atom stereocenters. The molecule has 162 valence electrons. The van der Waals surface area contributed by atoms with Gasteiger partial charge in [0.15, 0.2) is 0 Å². The number of carbonyl (C=O) groups is 1.